The third kappa shape index (κ3) is 2.02. The summed E-state index contributed by atoms with van der Waals surface area (Å²) in [4.78, 5) is 2.70. The van der Waals surface area contributed by atoms with Gasteiger partial charge in [0.15, 0.2) is 0 Å². The van der Waals surface area contributed by atoms with Crippen LogP contribution >= 0.6 is 0 Å². The minimum atomic E-state index is 0.497. The van der Waals surface area contributed by atoms with Crippen LogP contribution in [0.25, 0.3) is 0 Å². The maximum Gasteiger partial charge on any atom is 0.0601 e. The van der Waals surface area contributed by atoms with Gasteiger partial charge in [-0.25, -0.2) is 0 Å². The minimum Gasteiger partial charge on any atom is -0.381 e. The summed E-state index contributed by atoms with van der Waals surface area (Å²) in [5.41, 5.74) is 1.43. The molecule has 3 rings (SSSR count). The first-order valence-electron chi connectivity index (χ1n) is 6.66. The number of aromatic nitrogens is 1. The number of hydrogen-bond acceptors (Lipinski definition) is 2. The van der Waals surface area contributed by atoms with Crippen molar-refractivity contribution in [2.24, 2.45) is 7.05 Å². The zero-order valence-electron chi connectivity index (χ0n) is 10.8. The van der Waals surface area contributed by atoms with Crippen LogP contribution in [0.5, 0.6) is 0 Å². The van der Waals surface area contributed by atoms with Gasteiger partial charge in [-0.1, -0.05) is 0 Å². The second-order valence-electron chi connectivity index (χ2n) is 5.50. The first-order valence-corrected chi connectivity index (χ1v) is 6.66. The minimum absolute atomic E-state index is 0.497. The Morgan fingerprint density at radius 3 is 2.53 bits per heavy atom. The lowest BCUT2D eigenvalue weighted by Crippen LogP contribution is -2.44. The van der Waals surface area contributed by atoms with Crippen LogP contribution in [0, 0.1) is 0 Å². The molecule has 0 saturated carbocycles. The normalized spacial score (nSPS) is 33.2. The zero-order valence-corrected chi connectivity index (χ0v) is 10.8. The molecular weight excluding hydrogens is 212 g/mol. The standard InChI is InChI=1S/C14H22N2O/c1-15-7-3-4-13(15)10-16-11-5-6-12(16)9-14(8-11)17-2/h3-4,7,11-12,14H,5-6,8-10H2,1-2H3. The van der Waals surface area contributed by atoms with E-state index in [1.54, 1.807) is 0 Å². The molecule has 3 heterocycles. The van der Waals surface area contributed by atoms with E-state index in [2.05, 4.69) is 34.8 Å². The SMILES string of the molecule is COC1CC2CCC(C1)N2Cc1cccn1C. The number of rotatable bonds is 3. The molecule has 2 aliphatic heterocycles. The number of fused-ring (bicyclic) bond motifs is 2. The fourth-order valence-electron chi connectivity index (χ4n) is 3.52. The summed E-state index contributed by atoms with van der Waals surface area (Å²) < 4.78 is 7.79. The molecule has 2 aliphatic rings. The molecule has 2 saturated heterocycles. The molecule has 1 aromatic rings. The van der Waals surface area contributed by atoms with E-state index >= 15 is 0 Å². The van der Waals surface area contributed by atoms with Crippen molar-refractivity contribution < 1.29 is 4.74 Å². The average Bonchev–Trinajstić information content (AvgIpc) is 2.82. The third-order valence-corrected chi connectivity index (χ3v) is 4.57. The van der Waals surface area contributed by atoms with Crippen molar-refractivity contribution in [2.45, 2.75) is 50.4 Å². The van der Waals surface area contributed by atoms with E-state index in [-0.39, 0.29) is 0 Å². The number of aryl methyl sites for hydroxylation is 1. The van der Waals surface area contributed by atoms with Gasteiger partial charge in [0.1, 0.15) is 0 Å². The van der Waals surface area contributed by atoms with E-state index in [4.69, 9.17) is 4.74 Å². The molecule has 3 nitrogen and oxygen atoms in total. The highest BCUT2D eigenvalue weighted by atomic mass is 16.5. The molecule has 2 fully saturated rings. The van der Waals surface area contributed by atoms with Crippen molar-refractivity contribution in [1.82, 2.24) is 9.47 Å². The highest BCUT2D eigenvalue weighted by Crippen LogP contribution is 2.37. The van der Waals surface area contributed by atoms with Gasteiger partial charge in [0, 0.05) is 44.7 Å². The Labute approximate surface area is 103 Å². The van der Waals surface area contributed by atoms with E-state index in [1.165, 1.54) is 31.4 Å². The van der Waals surface area contributed by atoms with Gasteiger partial charge >= 0.3 is 0 Å². The predicted octanol–water partition coefficient (Wildman–Crippen LogP) is 2.17. The van der Waals surface area contributed by atoms with Crippen LogP contribution < -0.4 is 0 Å². The molecule has 0 radical (unpaired) electrons. The Kier molecular flexibility index (Phi) is 2.97. The molecule has 0 N–H and O–H groups in total. The van der Waals surface area contributed by atoms with Crippen molar-refractivity contribution in [3.8, 4) is 0 Å². The number of hydrogen-bond donors (Lipinski definition) is 0. The van der Waals surface area contributed by atoms with Crippen LogP contribution in [0.3, 0.4) is 0 Å². The lowest BCUT2D eigenvalue weighted by Gasteiger charge is -2.38. The van der Waals surface area contributed by atoms with E-state index in [9.17, 15) is 0 Å². The van der Waals surface area contributed by atoms with Gasteiger partial charge in [-0.3, -0.25) is 4.90 Å². The van der Waals surface area contributed by atoms with Gasteiger partial charge in [0.25, 0.3) is 0 Å². The highest BCUT2D eigenvalue weighted by Gasteiger charge is 2.40. The second kappa shape index (κ2) is 4.46. The Hall–Kier alpha value is -0.800. The molecule has 2 atom stereocenters. The van der Waals surface area contributed by atoms with Gasteiger partial charge in [-0.15, -0.1) is 0 Å². The van der Waals surface area contributed by atoms with Crippen LogP contribution in [-0.4, -0.2) is 34.8 Å². The van der Waals surface area contributed by atoms with Gasteiger partial charge in [-0.05, 0) is 37.8 Å². The van der Waals surface area contributed by atoms with E-state index in [0.29, 0.717) is 6.10 Å². The molecule has 0 spiro atoms. The van der Waals surface area contributed by atoms with Crippen molar-refractivity contribution in [2.75, 3.05) is 7.11 Å². The lowest BCUT2D eigenvalue weighted by atomic mass is 9.99. The Morgan fingerprint density at radius 2 is 2.00 bits per heavy atom. The van der Waals surface area contributed by atoms with Crippen molar-refractivity contribution in [3.63, 3.8) is 0 Å². The van der Waals surface area contributed by atoms with Gasteiger partial charge < -0.3 is 9.30 Å². The summed E-state index contributed by atoms with van der Waals surface area (Å²) >= 11 is 0. The van der Waals surface area contributed by atoms with Crippen molar-refractivity contribution in [3.05, 3.63) is 24.0 Å². The first kappa shape index (κ1) is 11.3. The largest absolute Gasteiger partial charge is 0.381 e. The topological polar surface area (TPSA) is 17.4 Å². The summed E-state index contributed by atoms with van der Waals surface area (Å²) in [5, 5.41) is 0. The number of nitrogens with zero attached hydrogens (tertiary/aromatic N) is 2. The molecule has 1 aromatic heterocycles. The summed E-state index contributed by atoms with van der Waals surface area (Å²) in [7, 11) is 4.00. The first-order chi connectivity index (χ1) is 8.28. The van der Waals surface area contributed by atoms with Gasteiger partial charge in [-0.2, -0.15) is 0 Å². The highest BCUT2D eigenvalue weighted by molar-refractivity contribution is 5.08. The molecule has 94 valence electrons. The molecule has 2 unspecified atom stereocenters. The van der Waals surface area contributed by atoms with Gasteiger partial charge in [0.2, 0.25) is 0 Å². The summed E-state index contributed by atoms with van der Waals surface area (Å²) in [6.07, 6.45) is 7.79. The second-order valence-corrected chi connectivity index (χ2v) is 5.50. The maximum absolute atomic E-state index is 5.55. The average molecular weight is 234 g/mol. The zero-order chi connectivity index (χ0) is 11.8. The predicted molar refractivity (Wildman–Crippen MR) is 67.8 cm³/mol. The summed E-state index contributed by atoms with van der Waals surface area (Å²) in [5.74, 6) is 0. The summed E-state index contributed by atoms with van der Waals surface area (Å²) in [6.45, 7) is 1.11. The smallest absolute Gasteiger partial charge is 0.0601 e. The van der Waals surface area contributed by atoms with Crippen LogP contribution in [-0.2, 0) is 18.3 Å². The fraction of sp³-hybridized carbons (Fsp3) is 0.714. The van der Waals surface area contributed by atoms with Gasteiger partial charge in [0.05, 0.1) is 6.10 Å². The Balaban J connectivity index is 1.71. The van der Waals surface area contributed by atoms with Crippen LogP contribution in [0.1, 0.15) is 31.4 Å². The molecule has 0 amide bonds. The fourth-order valence-corrected chi connectivity index (χ4v) is 3.52. The van der Waals surface area contributed by atoms with Crippen molar-refractivity contribution >= 4 is 0 Å². The maximum atomic E-state index is 5.55. The molecule has 2 bridgehead atoms. The van der Waals surface area contributed by atoms with Crippen LogP contribution in [0.2, 0.25) is 0 Å². The van der Waals surface area contributed by atoms with E-state index < -0.39 is 0 Å². The van der Waals surface area contributed by atoms with E-state index in [0.717, 1.165) is 18.6 Å². The van der Waals surface area contributed by atoms with Crippen molar-refractivity contribution in [1.29, 1.82) is 0 Å². The molecule has 3 heteroatoms. The molecule has 0 aliphatic carbocycles. The Bertz CT molecular complexity index is 373. The number of ether oxygens (including phenoxy) is 1. The number of methoxy groups -OCH3 is 1. The molecular formula is C14H22N2O. The molecule has 0 aromatic carbocycles. The Morgan fingerprint density at radius 1 is 1.29 bits per heavy atom. The summed E-state index contributed by atoms with van der Waals surface area (Å²) in [6, 6.07) is 5.86. The van der Waals surface area contributed by atoms with Crippen LogP contribution in [0.4, 0.5) is 0 Å². The number of piperidine rings is 1. The monoisotopic (exact) mass is 234 g/mol. The van der Waals surface area contributed by atoms with Crippen LogP contribution in [0.15, 0.2) is 18.3 Å². The quantitative estimate of drug-likeness (QED) is 0.797. The molecule has 17 heavy (non-hydrogen) atoms. The lowest BCUT2D eigenvalue weighted by molar-refractivity contribution is 0.00179. The third-order valence-electron chi connectivity index (χ3n) is 4.57. The van der Waals surface area contributed by atoms with E-state index in [1.807, 2.05) is 7.11 Å².